The monoisotopic (exact) mass is 457 g/mol. The number of carbonyl (C=O) groups excluding carboxylic acids is 2. The molecule has 7 heteroatoms. The number of hydrogen-bond donors (Lipinski definition) is 1. The van der Waals surface area contributed by atoms with Crippen LogP contribution in [0.1, 0.15) is 50.1 Å². The summed E-state index contributed by atoms with van der Waals surface area (Å²) in [6.45, 7) is 8.54. The lowest BCUT2D eigenvalue weighted by molar-refractivity contribution is -0.135. The molecule has 2 aromatic rings. The number of rotatable bonds is 10. The Morgan fingerprint density at radius 1 is 1.25 bits per heavy atom. The van der Waals surface area contributed by atoms with Crippen molar-refractivity contribution >= 4 is 23.3 Å². The Morgan fingerprint density at radius 3 is 2.75 bits per heavy atom. The van der Waals surface area contributed by atoms with Crippen LogP contribution in [0.4, 0.5) is 4.79 Å². The van der Waals surface area contributed by atoms with Crippen LogP contribution in [0.2, 0.25) is 0 Å². The minimum Gasteiger partial charge on any atom is -0.491 e. The van der Waals surface area contributed by atoms with Crippen molar-refractivity contribution in [2.75, 3.05) is 32.8 Å². The molecule has 1 aromatic heterocycles. The quantitative estimate of drug-likeness (QED) is 0.562. The predicted octanol–water partition coefficient (Wildman–Crippen LogP) is 4.72. The Labute approximate surface area is 195 Å². The maximum absolute atomic E-state index is 13.5. The van der Waals surface area contributed by atoms with E-state index in [2.05, 4.69) is 30.6 Å². The molecule has 1 aliphatic heterocycles. The molecule has 1 aromatic carbocycles. The van der Waals surface area contributed by atoms with Crippen molar-refractivity contribution in [1.29, 1.82) is 0 Å². The Kier molecular flexibility index (Phi) is 8.97. The van der Waals surface area contributed by atoms with Crippen molar-refractivity contribution in [3.63, 3.8) is 0 Å². The van der Waals surface area contributed by atoms with E-state index in [1.807, 2.05) is 42.2 Å². The zero-order chi connectivity index (χ0) is 22.9. The number of amides is 3. The summed E-state index contributed by atoms with van der Waals surface area (Å²) >= 11 is 1.74. The third-order valence-corrected chi connectivity index (χ3v) is 6.93. The highest BCUT2D eigenvalue weighted by atomic mass is 32.1. The number of nitrogens with zero attached hydrogens (tertiary/aromatic N) is 2. The van der Waals surface area contributed by atoms with Gasteiger partial charge in [0, 0.05) is 24.5 Å². The first kappa shape index (κ1) is 24.1. The topological polar surface area (TPSA) is 61.9 Å². The number of thiophene rings is 1. The minimum atomic E-state index is -0.161. The Hall–Kier alpha value is -2.54. The number of carbonyl (C=O) groups is 2. The van der Waals surface area contributed by atoms with Gasteiger partial charge in [-0.25, -0.2) is 4.79 Å². The van der Waals surface area contributed by atoms with Gasteiger partial charge in [-0.3, -0.25) is 4.79 Å². The van der Waals surface area contributed by atoms with Crippen molar-refractivity contribution < 1.29 is 14.3 Å². The normalized spacial score (nSPS) is 16.2. The maximum atomic E-state index is 13.5. The molecule has 0 saturated heterocycles. The minimum absolute atomic E-state index is 0.0292. The summed E-state index contributed by atoms with van der Waals surface area (Å²) in [6.07, 6.45) is 2.66. The van der Waals surface area contributed by atoms with E-state index in [0.717, 1.165) is 30.6 Å². The SMILES string of the molecule is CCCNC(=O)N(CC(=O)N1CCc2sccc2[C@H]1COc1ccccc1)C[C@H](C)CC. The summed E-state index contributed by atoms with van der Waals surface area (Å²) in [7, 11) is 0. The number of hydrogen-bond acceptors (Lipinski definition) is 4. The van der Waals surface area contributed by atoms with Crippen LogP contribution in [-0.2, 0) is 11.2 Å². The molecule has 0 bridgehead atoms. The van der Waals surface area contributed by atoms with E-state index in [9.17, 15) is 9.59 Å². The first-order valence-corrected chi connectivity index (χ1v) is 12.5. The average molecular weight is 458 g/mol. The van der Waals surface area contributed by atoms with Crippen molar-refractivity contribution in [3.8, 4) is 5.75 Å². The van der Waals surface area contributed by atoms with Crippen LogP contribution in [0.5, 0.6) is 5.75 Å². The number of urea groups is 1. The zero-order valence-corrected chi connectivity index (χ0v) is 20.2. The molecule has 0 fully saturated rings. The molecule has 3 rings (SSSR count). The molecule has 1 N–H and O–H groups in total. The lowest BCUT2D eigenvalue weighted by Gasteiger charge is -2.37. The molecular formula is C25H35N3O3S. The summed E-state index contributed by atoms with van der Waals surface area (Å²) in [4.78, 5) is 31.1. The van der Waals surface area contributed by atoms with E-state index >= 15 is 0 Å². The number of benzene rings is 1. The number of para-hydroxylation sites is 1. The van der Waals surface area contributed by atoms with Crippen LogP contribution in [0, 0.1) is 5.92 Å². The molecule has 1 aliphatic rings. The zero-order valence-electron chi connectivity index (χ0n) is 19.4. The van der Waals surface area contributed by atoms with Gasteiger partial charge in [0.25, 0.3) is 0 Å². The smallest absolute Gasteiger partial charge is 0.317 e. The van der Waals surface area contributed by atoms with Crippen LogP contribution in [0.3, 0.4) is 0 Å². The summed E-state index contributed by atoms with van der Waals surface area (Å²) in [6, 6.07) is 11.5. The van der Waals surface area contributed by atoms with E-state index in [1.54, 1.807) is 16.2 Å². The Bertz CT molecular complexity index is 870. The molecule has 0 saturated carbocycles. The molecular weight excluding hydrogens is 422 g/mol. The third-order valence-electron chi connectivity index (χ3n) is 5.93. The Balaban J connectivity index is 1.74. The van der Waals surface area contributed by atoms with Crippen molar-refractivity contribution in [2.24, 2.45) is 5.92 Å². The van der Waals surface area contributed by atoms with Crippen molar-refractivity contribution in [2.45, 2.75) is 46.1 Å². The summed E-state index contributed by atoms with van der Waals surface area (Å²) < 4.78 is 6.06. The highest BCUT2D eigenvalue weighted by Crippen LogP contribution is 2.34. The summed E-state index contributed by atoms with van der Waals surface area (Å²) in [5.41, 5.74) is 1.16. The fourth-order valence-electron chi connectivity index (χ4n) is 3.89. The molecule has 6 nitrogen and oxygen atoms in total. The van der Waals surface area contributed by atoms with Gasteiger partial charge in [-0.05, 0) is 47.9 Å². The molecule has 174 valence electrons. The fraction of sp³-hybridized carbons (Fsp3) is 0.520. The first-order valence-electron chi connectivity index (χ1n) is 11.6. The van der Waals surface area contributed by atoms with E-state index in [-0.39, 0.29) is 24.5 Å². The van der Waals surface area contributed by atoms with Gasteiger partial charge in [-0.1, -0.05) is 45.4 Å². The molecule has 0 spiro atoms. The summed E-state index contributed by atoms with van der Waals surface area (Å²) in [5, 5.41) is 5.02. The van der Waals surface area contributed by atoms with Crippen LogP contribution in [-0.4, -0.2) is 54.5 Å². The average Bonchev–Trinajstić information content (AvgIpc) is 3.30. The van der Waals surface area contributed by atoms with Gasteiger partial charge < -0.3 is 19.9 Å². The molecule has 3 amide bonds. The number of nitrogens with one attached hydrogen (secondary N) is 1. The molecule has 2 heterocycles. The van der Waals surface area contributed by atoms with Crippen LogP contribution in [0.25, 0.3) is 0 Å². The third kappa shape index (κ3) is 6.25. The lowest BCUT2D eigenvalue weighted by atomic mass is 10.00. The first-order chi connectivity index (χ1) is 15.5. The molecule has 2 atom stereocenters. The van der Waals surface area contributed by atoms with Gasteiger partial charge in [0.15, 0.2) is 0 Å². The standard InChI is InChI=1S/C25H35N3O3S/c1-4-13-26-25(30)27(16-19(3)5-2)17-24(29)28-14-11-23-21(12-15-32-23)22(28)18-31-20-9-7-6-8-10-20/h6-10,12,15,19,22H,4-5,11,13-14,16-18H2,1-3H3,(H,26,30)/t19-,22-/m1/s1. The second kappa shape index (κ2) is 11.9. The van der Waals surface area contributed by atoms with Crippen molar-refractivity contribution in [1.82, 2.24) is 15.1 Å². The van der Waals surface area contributed by atoms with E-state index in [4.69, 9.17) is 4.74 Å². The lowest BCUT2D eigenvalue weighted by Crippen LogP contribution is -2.50. The van der Waals surface area contributed by atoms with Gasteiger partial charge >= 0.3 is 6.03 Å². The van der Waals surface area contributed by atoms with Gasteiger partial charge in [-0.15, -0.1) is 11.3 Å². The second-order valence-electron chi connectivity index (χ2n) is 8.40. The molecule has 0 unspecified atom stereocenters. The van der Waals surface area contributed by atoms with Gasteiger partial charge in [0.05, 0.1) is 6.04 Å². The summed E-state index contributed by atoms with van der Waals surface area (Å²) in [5.74, 6) is 1.09. The van der Waals surface area contributed by atoms with Gasteiger partial charge in [-0.2, -0.15) is 0 Å². The molecule has 0 aliphatic carbocycles. The fourth-order valence-corrected chi connectivity index (χ4v) is 4.82. The van der Waals surface area contributed by atoms with E-state index in [1.165, 1.54) is 4.88 Å². The maximum Gasteiger partial charge on any atom is 0.317 e. The van der Waals surface area contributed by atoms with Crippen LogP contribution < -0.4 is 10.1 Å². The highest BCUT2D eigenvalue weighted by Gasteiger charge is 2.33. The largest absolute Gasteiger partial charge is 0.491 e. The predicted molar refractivity (Wildman–Crippen MR) is 129 cm³/mol. The number of fused-ring (bicyclic) bond motifs is 1. The van der Waals surface area contributed by atoms with Crippen LogP contribution in [0.15, 0.2) is 41.8 Å². The van der Waals surface area contributed by atoms with Gasteiger partial charge in [0.2, 0.25) is 5.91 Å². The van der Waals surface area contributed by atoms with E-state index < -0.39 is 0 Å². The highest BCUT2D eigenvalue weighted by molar-refractivity contribution is 7.10. The molecule has 0 radical (unpaired) electrons. The number of ether oxygens (including phenoxy) is 1. The van der Waals surface area contributed by atoms with Gasteiger partial charge in [0.1, 0.15) is 18.9 Å². The van der Waals surface area contributed by atoms with Crippen molar-refractivity contribution in [3.05, 3.63) is 52.2 Å². The Morgan fingerprint density at radius 2 is 2.03 bits per heavy atom. The second-order valence-corrected chi connectivity index (χ2v) is 9.40. The van der Waals surface area contributed by atoms with Crippen LogP contribution >= 0.6 is 11.3 Å². The van der Waals surface area contributed by atoms with E-state index in [0.29, 0.717) is 32.2 Å². The molecule has 32 heavy (non-hydrogen) atoms.